The summed E-state index contributed by atoms with van der Waals surface area (Å²) >= 11 is 0. The number of nitrogens with zero attached hydrogens (tertiary/aromatic N) is 4. The third-order valence-electron chi connectivity index (χ3n) is 8.53. The lowest BCUT2D eigenvalue weighted by atomic mass is 9.82. The molecular formula is C32H39F3N6O2. The fraction of sp³-hybridized carbons (Fsp3) is 0.469. The molecule has 2 N–H and O–H groups in total. The van der Waals surface area contributed by atoms with Crippen LogP contribution in [-0.4, -0.2) is 59.6 Å². The predicted octanol–water partition coefficient (Wildman–Crippen LogP) is 6.18. The van der Waals surface area contributed by atoms with Gasteiger partial charge in [0.1, 0.15) is 5.75 Å². The maximum atomic E-state index is 14.0. The molecule has 0 saturated carbocycles. The zero-order valence-corrected chi connectivity index (χ0v) is 25.5. The van der Waals surface area contributed by atoms with Gasteiger partial charge < -0.3 is 20.3 Å². The quantitative estimate of drug-likeness (QED) is 0.321. The van der Waals surface area contributed by atoms with E-state index in [4.69, 9.17) is 4.74 Å². The average Bonchev–Trinajstić information content (AvgIpc) is 3.19. The number of methoxy groups -OCH3 is 1. The maximum absolute atomic E-state index is 14.0. The number of piperazine rings is 1. The van der Waals surface area contributed by atoms with E-state index in [1.165, 1.54) is 0 Å². The van der Waals surface area contributed by atoms with Crippen LogP contribution < -0.4 is 20.3 Å². The summed E-state index contributed by atoms with van der Waals surface area (Å²) in [6.45, 7) is 13.0. The SMILES string of the molecule is COc1cc(N2CCN(C(C)C)[C@H](C)C2)ccc1Nc1ncc(C(F)(F)F)c(CCc2cccc3c2C(C)(C)C(=O)N3)n1. The van der Waals surface area contributed by atoms with Crippen LogP contribution in [-0.2, 0) is 29.2 Å². The number of benzene rings is 2. The van der Waals surface area contributed by atoms with Crippen molar-refractivity contribution in [3.05, 3.63) is 65.0 Å². The van der Waals surface area contributed by atoms with Crippen molar-refractivity contribution in [1.82, 2.24) is 14.9 Å². The van der Waals surface area contributed by atoms with Crippen molar-refractivity contribution in [2.75, 3.05) is 42.3 Å². The second kappa shape index (κ2) is 11.7. The number of nitrogens with one attached hydrogen (secondary N) is 2. The van der Waals surface area contributed by atoms with Crippen LogP contribution in [0.25, 0.3) is 0 Å². The summed E-state index contributed by atoms with van der Waals surface area (Å²) in [5, 5.41) is 5.94. The molecule has 3 heterocycles. The summed E-state index contributed by atoms with van der Waals surface area (Å²) < 4.78 is 47.6. The van der Waals surface area contributed by atoms with E-state index < -0.39 is 17.2 Å². The number of halogens is 3. The second-order valence-electron chi connectivity index (χ2n) is 12.1. The smallest absolute Gasteiger partial charge is 0.419 e. The highest BCUT2D eigenvalue weighted by molar-refractivity contribution is 6.06. The van der Waals surface area contributed by atoms with Crippen LogP contribution in [0.3, 0.4) is 0 Å². The van der Waals surface area contributed by atoms with Crippen molar-refractivity contribution in [1.29, 1.82) is 0 Å². The monoisotopic (exact) mass is 596 g/mol. The highest BCUT2D eigenvalue weighted by Gasteiger charge is 2.40. The van der Waals surface area contributed by atoms with Gasteiger partial charge in [0.2, 0.25) is 11.9 Å². The summed E-state index contributed by atoms with van der Waals surface area (Å²) in [7, 11) is 1.56. The molecule has 2 aliphatic rings. The molecule has 1 amide bonds. The Kier molecular flexibility index (Phi) is 8.30. The van der Waals surface area contributed by atoms with Gasteiger partial charge >= 0.3 is 6.18 Å². The largest absolute Gasteiger partial charge is 0.494 e. The molecule has 0 spiro atoms. The van der Waals surface area contributed by atoms with E-state index in [1.54, 1.807) is 13.2 Å². The molecule has 0 radical (unpaired) electrons. The maximum Gasteiger partial charge on any atom is 0.419 e. The fourth-order valence-corrected chi connectivity index (χ4v) is 6.27. The third kappa shape index (κ3) is 6.13. The minimum absolute atomic E-state index is 0.0172. The first-order valence-corrected chi connectivity index (χ1v) is 14.6. The van der Waals surface area contributed by atoms with Crippen molar-refractivity contribution >= 4 is 28.9 Å². The van der Waals surface area contributed by atoms with E-state index in [-0.39, 0.29) is 30.4 Å². The number of alkyl halides is 3. The minimum Gasteiger partial charge on any atom is -0.494 e. The molecule has 1 saturated heterocycles. The fourth-order valence-electron chi connectivity index (χ4n) is 6.27. The summed E-state index contributed by atoms with van der Waals surface area (Å²) in [4.78, 5) is 25.6. The number of ether oxygens (including phenoxy) is 1. The van der Waals surface area contributed by atoms with Crippen LogP contribution in [0.5, 0.6) is 5.75 Å². The van der Waals surface area contributed by atoms with E-state index >= 15 is 0 Å². The molecule has 2 aromatic carbocycles. The van der Waals surface area contributed by atoms with Crippen molar-refractivity contribution < 1.29 is 22.7 Å². The Balaban J connectivity index is 1.38. The Morgan fingerprint density at radius 1 is 1.16 bits per heavy atom. The van der Waals surface area contributed by atoms with Gasteiger partial charge in [0, 0.05) is 55.4 Å². The Hall–Kier alpha value is -3.86. The predicted molar refractivity (Wildman–Crippen MR) is 162 cm³/mol. The molecular weight excluding hydrogens is 557 g/mol. The molecule has 5 rings (SSSR count). The van der Waals surface area contributed by atoms with Gasteiger partial charge in [-0.1, -0.05) is 12.1 Å². The molecule has 0 unspecified atom stereocenters. The molecule has 230 valence electrons. The Bertz CT molecular complexity index is 1510. The first kappa shape index (κ1) is 30.6. The third-order valence-corrected chi connectivity index (χ3v) is 8.53. The molecule has 0 aliphatic carbocycles. The van der Waals surface area contributed by atoms with E-state index in [2.05, 4.69) is 51.2 Å². The average molecular weight is 597 g/mol. The van der Waals surface area contributed by atoms with E-state index in [0.717, 1.165) is 42.6 Å². The van der Waals surface area contributed by atoms with Gasteiger partial charge in [0.05, 0.1) is 29.5 Å². The van der Waals surface area contributed by atoms with Gasteiger partial charge in [-0.2, -0.15) is 13.2 Å². The zero-order chi connectivity index (χ0) is 31.1. The molecule has 11 heteroatoms. The lowest BCUT2D eigenvalue weighted by Gasteiger charge is -2.43. The van der Waals surface area contributed by atoms with Crippen molar-refractivity contribution in [2.24, 2.45) is 0 Å². The van der Waals surface area contributed by atoms with Gasteiger partial charge in [0.25, 0.3) is 0 Å². The minimum atomic E-state index is -4.61. The van der Waals surface area contributed by atoms with Gasteiger partial charge in [0.15, 0.2) is 0 Å². The Morgan fingerprint density at radius 3 is 2.60 bits per heavy atom. The first-order valence-electron chi connectivity index (χ1n) is 14.6. The molecule has 0 bridgehead atoms. The lowest BCUT2D eigenvalue weighted by Crippen LogP contribution is -2.54. The summed E-state index contributed by atoms with van der Waals surface area (Å²) in [6.07, 6.45) is -3.49. The van der Waals surface area contributed by atoms with Gasteiger partial charge in [-0.25, -0.2) is 9.97 Å². The van der Waals surface area contributed by atoms with Gasteiger partial charge in [-0.05, 0) is 76.8 Å². The van der Waals surface area contributed by atoms with Crippen molar-refractivity contribution in [3.63, 3.8) is 0 Å². The van der Waals surface area contributed by atoms with Gasteiger partial charge in [-0.15, -0.1) is 0 Å². The van der Waals surface area contributed by atoms with Crippen molar-refractivity contribution in [3.8, 4) is 5.75 Å². The number of carbonyl (C=O) groups excluding carboxylic acids is 1. The topological polar surface area (TPSA) is 82.6 Å². The van der Waals surface area contributed by atoms with E-state index in [0.29, 0.717) is 29.2 Å². The number of carbonyl (C=O) groups is 1. The van der Waals surface area contributed by atoms with Gasteiger partial charge in [-0.3, -0.25) is 9.69 Å². The van der Waals surface area contributed by atoms with Crippen LogP contribution in [0.1, 0.15) is 57.0 Å². The Morgan fingerprint density at radius 2 is 1.93 bits per heavy atom. The number of rotatable bonds is 8. The number of amides is 1. The summed E-state index contributed by atoms with van der Waals surface area (Å²) in [5.74, 6) is 0.455. The summed E-state index contributed by atoms with van der Waals surface area (Å²) in [6, 6.07) is 12.1. The van der Waals surface area contributed by atoms with Crippen LogP contribution in [0.4, 0.5) is 36.2 Å². The molecule has 3 aromatic rings. The van der Waals surface area contributed by atoms with E-state index in [1.807, 2.05) is 44.2 Å². The number of aryl methyl sites for hydroxylation is 2. The van der Waals surface area contributed by atoms with Crippen molar-refractivity contribution in [2.45, 2.75) is 71.1 Å². The number of aromatic nitrogens is 2. The molecule has 1 aromatic heterocycles. The normalized spacial score (nSPS) is 18.5. The van der Waals surface area contributed by atoms with Crippen LogP contribution in [0.2, 0.25) is 0 Å². The number of hydrogen-bond acceptors (Lipinski definition) is 7. The zero-order valence-electron chi connectivity index (χ0n) is 25.5. The molecule has 1 fully saturated rings. The molecule has 1 atom stereocenters. The summed E-state index contributed by atoms with van der Waals surface area (Å²) in [5.41, 5.74) is 2.10. The second-order valence-corrected chi connectivity index (χ2v) is 12.1. The molecule has 2 aliphatic heterocycles. The Labute approximate surface area is 250 Å². The molecule has 8 nitrogen and oxygen atoms in total. The molecule has 43 heavy (non-hydrogen) atoms. The first-order chi connectivity index (χ1) is 20.3. The highest BCUT2D eigenvalue weighted by atomic mass is 19.4. The van der Waals surface area contributed by atoms with E-state index in [9.17, 15) is 18.0 Å². The highest BCUT2D eigenvalue weighted by Crippen LogP contribution is 2.40. The van der Waals surface area contributed by atoms with Crippen LogP contribution >= 0.6 is 0 Å². The number of anilines is 4. The lowest BCUT2D eigenvalue weighted by molar-refractivity contribution is -0.138. The standard InChI is InChI=1S/C32H39F3N6O2/c1-19(2)41-15-14-40(18-20(41)3)22-11-13-25(27(16-22)43-6)39-30-36-17-23(32(33,34)35)24(38-30)12-10-21-8-7-9-26-28(21)31(4,5)29(42)37-26/h7-9,11,13,16-17,19-20H,10,12,14-15,18H2,1-6H3,(H,37,42)(H,36,38,39)/t20-/m1/s1. The van der Waals surface area contributed by atoms with Crippen LogP contribution in [0.15, 0.2) is 42.6 Å². The number of fused-ring (bicyclic) bond motifs is 1. The number of hydrogen-bond donors (Lipinski definition) is 2. The van der Waals surface area contributed by atoms with Crippen LogP contribution in [0, 0.1) is 0 Å².